The molecule has 18 heavy (non-hydrogen) atoms. The second-order valence-electron chi connectivity index (χ2n) is 3.42. The third-order valence-corrected chi connectivity index (χ3v) is 3.47. The van der Waals surface area contributed by atoms with Crippen LogP contribution in [0.15, 0.2) is 36.5 Å². The van der Waals surface area contributed by atoms with Crippen molar-refractivity contribution in [3.05, 3.63) is 55.8 Å². The van der Waals surface area contributed by atoms with Crippen LogP contribution in [0, 0.1) is 3.57 Å². The number of nitrogens with one attached hydrogen (secondary N) is 1. The van der Waals surface area contributed by atoms with Crippen molar-refractivity contribution in [2.75, 3.05) is 5.32 Å². The largest absolute Gasteiger partial charge is 0.321 e. The van der Waals surface area contributed by atoms with Crippen molar-refractivity contribution in [1.82, 2.24) is 4.98 Å². The van der Waals surface area contributed by atoms with Gasteiger partial charge in [-0.05, 0) is 52.9 Å². The van der Waals surface area contributed by atoms with Crippen LogP contribution in [0.4, 0.5) is 5.69 Å². The summed E-state index contributed by atoms with van der Waals surface area (Å²) in [6.07, 6.45) is 1.52. The monoisotopic (exact) mass is 392 g/mol. The number of nitrogens with zero attached hydrogens (tertiary/aromatic N) is 1. The summed E-state index contributed by atoms with van der Waals surface area (Å²) in [5.74, 6) is -0.337. The third-order valence-electron chi connectivity index (χ3n) is 2.18. The average Bonchev–Trinajstić information content (AvgIpc) is 2.33. The van der Waals surface area contributed by atoms with Crippen LogP contribution in [0.3, 0.4) is 0 Å². The minimum absolute atomic E-state index is 0.164. The van der Waals surface area contributed by atoms with Gasteiger partial charge < -0.3 is 5.32 Å². The molecule has 0 unspecified atom stereocenters. The summed E-state index contributed by atoms with van der Waals surface area (Å²) in [6.45, 7) is 0. The first-order valence-electron chi connectivity index (χ1n) is 4.95. The topological polar surface area (TPSA) is 42.0 Å². The number of rotatable bonds is 2. The van der Waals surface area contributed by atoms with Gasteiger partial charge in [0.25, 0.3) is 5.91 Å². The molecule has 0 aliphatic carbocycles. The number of carbonyl (C=O) groups is 1. The molecule has 0 radical (unpaired) electrons. The van der Waals surface area contributed by atoms with Crippen molar-refractivity contribution in [2.45, 2.75) is 0 Å². The van der Waals surface area contributed by atoms with E-state index in [1.807, 2.05) is 6.07 Å². The van der Waals surface area contributed by atoms with Crippen molar-refractivity contribution < 1.29 is 4.79 Å². The molecule has 0 bridgehead atoms. The summed E-state index contributed by atoms with van der Waals surface area (Å²) in [7, 11) is 0. The molecule has 0 saturated heterocycles. The number of hydrogen-bond donors (Lipinski definition) is 1. The lowest BCUT2D eigenvalue weighted by Gasteiger charge is -2.08. The van der Waals surface area contributed by atoms with Crippen molar-refractivity contribution in [2.24, 2.45) is 0 Å². The zero-order chi connectivity index (χ0) is 13.1. The van der Waals surface area contributed by atoms with Crippen LogP contribution in [-0.2, 0) is 0 Å². The van der Waals surface area contributed by atoms with Crippen LogP contribution < -0.4 is 5.32 Å². The van der Waals surface area contributed by atoms with Crippen LogP contribution >= 0.6 is 45.8 Å². The summed E-state index contributed by atoms with van der Waals surface area (Å²) in [4.78, 5) is 15.8. The van der Waals surface area contributed by atoms with Crippen LogP contribution in [0.1, 0.15) is 10.4 Å². The summed E-state index contributed by atoms with van der Waals surface area (Å²) in [5.41, 5.74) is 0.857. The van der Waals surface area contributed by atoms with E-state index in [1.165, 1.54) is 6.20 Å². The summed E-state index contributed by atoms with van der Waals surface area (Å²) in [6, 6.07) is 8.61. The number of carbonyl (C=O) groups excluding carboxylic acids is 1. The lowest BCUT2D eigenvalue weighted by molar-refractivity contribution is 0.102. The summed E-state index contributed by atoms with van der Waals surface area (Å²) < 4.78 is 0.995. The van der Waals surface area contributed by atoms with E-state index in [1.54, 1.807) is 24.3 Å². The minimum atomic E-state index is -0.337. The fourth-order valence-corrected chi connectivity index (χ4v) is 2.44. The zero-order valence-corrected chi connectivity index (χ0v) is 12.6. The fraction of sp³-hybridized carbons (Fsp3) is 0. The second kappa shape index (κ2) is 5.86. The van der Waals surface area contributed by atoms with E-state index in [9.17, 15) is 4.79 Å². The van der Waals surface area contributed by atoms with E-state index in [0.717, 1.165) is 3.57 Å². The second-order valence-corrected chi connectivity index (χ2v) is 5.43. The fourth-order valence-electron chi connectivity index (χ4n) is 1.34. The van der Waals surface area contributed by atoms with Crippen LogP contribution in [0.25, 0.3) is 0 Å². The first-order chi connectivity index (χ1) is 8.58. The standard InChI is InChI=1S/C12H7Cl2IN2O/c13-9-6-7(15)3-4-10(9)17-12(18)8-2-1-5-16-11(8)14/h1-6H,(H,17,18). The van der Waals surface area contributed by atoms with Gasteiger partial charge in [0.2, 0.25) is 0 Å². The molecule has 0 aliphatic heterocycles. The predicted molar refractivity (Wildman–Crippen MR) is 81.4 cm³/mol. The summed E-state index contributed by atoms with van der Waals surface area (Å²) >= 11 is 14.0. The van der Waals surface area contributed by atoms with E-state index in [4.69, 9.17) is 23.2 Å². The predicted octanol–water partition coefficient (Wildman–Crippen LogP) is 4.25. The molecule has 6 heteroatoms. The molecule has 1 aromatic carbocycles. The molecule has 2 aromatic rings. The quantitative estimate of drug-likeness (QED) is 0.613. The molecule has 3 nitrogen and oxygen atoms in total. The Hall–Kier alpha value is -0.850. The third kappa shape index (κ3) is 3.13. The van der Waals surface area contributed by atoms with Gasteiger partial charge in [-0.25, -0.2) is 4.98 Å². The van der Waals surface area contributed by atoms with E-state index in [0.29, 0.717) is 16.3 Å². The first kappa shape index (κ1) is 13.6. The van der Waals surface area contributed by atoms with Gasteiger partial charge in [-0.1, -0.05) is 23.2 Å². The van der Waals surface area contributed by atoms with Gasteiger partial charge >= 0.3 is 0 Å². The van der Waals surface area contributed by atoms with Gasteiger partial charge in [0.1, 0.15) is 5.15 Å². The van der Waals surface area contributed by atoms with E-state index in [2.05, 4.69) is 32.9 Å². The van der Waals surface area contributed by atoms with Crippen LogP contribution in [-0.4, -0.2) is 10.9 Å². The lowest BCUT2D eigenvalue weighted by Crippen LogP contribution is -2.13. The van der Waals surface area contributed by atoms with Gasteiger partial charge in [0.15, 0.2) is 0 Å². The molecule has 2 rings (SSSR count). The molecular weight excluding hydrogens is 386 g/mol. The van der Waals surface area contributed by atoms with Crippen molar-refractivity contribution >= 4 is 57.4 Å². The molecule has 0 atom stereocenters. The highest BCUT2D eigenvalue weighted by Crippen LogP contribution is 2.25. The molecular formula is C12H7Cl2IN2O. The van der Waals surface area contributed by atoms with E-state index >= 15 is 0 Å². The number of pyridine rings is 1. The van der Waals surface area contributed by atoms with Crippen molar-refractivity contribution in [1.29, 1.82) is 0 Å². The smallest absolute Gasteiger partial charge is 0.258 e. The zero-order valence-electron chi connectivity index (χ0n) is 8.95. The number of hydrogen-bond acceptors (Lipinski definition) is 2. The van der Waals surface area contributed by atoms with Gasteiger partial charge in [-0.3, -0.25) is 4.79 Å². The molecule has 1 N–H and O–H groups in total. The number of halogens is 3. The SMILES string of the molecule is O=C(Nc1ccc(I)cc1Cl)c1cccnc1Cl. The maximum atomic E-state index is 12.0. The summed E-state index contributed by atoms with van der Waals surface area (Å²) in [5, 5.41) is 3.34. The van der Waals surface area contributed by atoms with Crippen molar-refractivity contribution in [3.8, 4) is 0 Å². The van der Waals surface area contributed by atoms with Gasteiger partial charge in [0, 0.05) is 9.77 Å². The Balaban J connectivity index is 2.24. The normalized spacial score (nSPS) is 10.2. The Bertz CT molecular complexity index is 604. The van der Waals surface area contributed by atoms with Gasteiger partial charge in [-0.2, -0.15) is 0 Å². The van der Waals surface area contributed by atoms with E-state index < -0.39 is 0 Å². The Morgan fingerprint density at radius 1 is 1.28 bits per heavy atom. The number of anilines is 1. The van der Waals surface area contributed by atoms with Gasteiger partial charge in [0.05, 0.1) is 16.3 Å². The molecule has 92 valence electrons. The highest BCUT2D eigenvalue weighted by molar-refractivity contribution is 14.1. The van der Waals surface area contributed by atoms with Crippen LogP contribution in [0.5, 0.6) is 0 Å². The Morgan fingerprint density at radius 3 is 2.72 bits per heavy atom. The highest BCUT2D eigenvalue weighted by Gasteiger charge is 2.12. The number of aromatic nitrogens is 1. The Kier molecular flexibility index (Phi) is 4.42. The molecule has 0 saturated carbocycles. The molecule has 1 amide bonds. The Morgan fingerprint density at radius 2 is 2.06 bits per heavy atom. The molecule has 0 fully saturated rings. The molecule has 0 spiro atoms. The minimum Gasteiger partial charge on any atom is -0.321 e. The number of amides is 1. The maximum Gasteiger partial charge on any atom is 0.258 e. The van der Waals surface area contributed by atoms with E-state index in [-0.39, 0.29) is 11.1 Å². The average molecular weight is 393 g/mol. The molecule has 0 aliphatic rings. The maximum absolute atomic E-state index is 12.0. The van der Waals surface area contributed by atoms with Gasteiger partial charge in [-0.15, -0.1) is 0 Å². The Labute approximate surface area is 128 Å². The van der Waals surface area contributed by atoms with Crippen molar-refractivity contribution in [3.63, 3.8) is 0 Å². The lowest BCUT2D eigenvalue weighted by atomic mass is 10.2. The number of benzene rings is 1. The molecule has 1 heterocycles. The first-order valence-corrected chi connectivity index (χ1v) is 6.78. The highest BCUT2D eigenvalue weighted by atomic mass is 127. The molecule has 1 aromatic heterocycles. The van der Waals surface area contributed by atoms with Crippen LogP contribution in [0.2, 0.25) is 10.2 Å².